The second-order valence-corrected chi connectivity index (χ2v) is 16.0. The SMILES string of the molecule is CC/C=C\C/C=C\C/C=C\C/C=C\C/C=C\CC(=O)OC(COC(=O)CCCCCCC/C=C\CCC)COC(=O)CCCCCCCCC/C=C\CCCCCCCC. The second-order valence-electron chi connectivity index (χ2n) is 16.0. The zero-order valence-electron chi connectivity index (χ0n) is 38.9. The molecule has 0 aromatic heterocycles. The molecule has 0 saturated carbocycles. The maximum absolute atomic E-state index is 12.7. The van der Waals surface area contributed by atoms with Gasteiger partial charge in [-0.25, -0.2) is 0 Å². The van der Waals surface area contributed by atoms with E-state index in [0.717, 1.165) is 89.9 Å². The van der Waals surface area contributed by atoms with E-state index in [0.29, 0.717) is 12.8 Å². The molecule has 60 heavy (non-hydrogen) atoms. The highest BCUT2D eigenvalue weighted by Gasteiger charge is 2.19. The molecule has 0 aliphatic rings. The molecular formula is C54H90O6. The first kappa shape index (κ1) is 56.6. The van der Waals surface area contributed by atoms with Crippen molar-refractivity contribution < 1.29 is 28.6 Å². The summed E-state index contributed by atoms with van der Waals surface area (Å²) in [7, 11) is 0. The summed E-state index contributed by atoms with van der Waals surface area (Å²) in [6.45, 7) is 6.35. The number of hydrogen-bond donors (Lipinski definition) is 0. The van der Waals surface area contributed by atoms with Gasteiger partial charge < -0.3 is 14.2 Å². The fourth-order valence-electron chi connectivity index (χ4n) is 6.45. The molecule has 342 valence electrons. The third-order valence-corrected chi connectivity index (χ3v) is 10.1. The van der Waals surface area contributed by atoms with Crippen LogP contribution >= 0.6 is 0 Å². The van der Waals surface area contributed by atoms with Crippen LogP contribution in [0.5, 0.6) is 0 Å². The third kappa shape index (κ3) is 45.7. The summed E-state index contributed by atoms with van der Waals surface area (Å²) in [6.07, 6.45) is 61.7. The number of allylic oxidation sites excluding steroid dienone is 13. The van der Waals surface area contributed by atoms with Crippen LogP contribution in [0.15, 0.2) is 85.1 Å². The summed E-state index contributed by atoms with van der Waals surface area (Å²) in [5.41, 5.74) is 0. The third-order valence-electron chi connectivity index (χ3n) is 10.1. The maximum atomic E-state index is 12.7. The van der Waals surface area contributed by atoms with Gasteiger partial charge in [0.2, 0.25) is 0 Å². The van der Waals surface area contributed by atoms with Crippen molar-refractivity contribution in [2.75, 3.05) is 13.2 Å². The summed E-state index contributed by atoms with van der Waals surface area (Å²) in [5, 5.41) is 0. The Morgan fingerprint density at radius 2 is 0.733 bits per heavy atom. The molecule has 0 fully saturated rings. The minimum atomic E-state index is -0.834. The molecule has 6 heteroatoms. The summed E-state index contributed by atoms with van der Waals surface area (Å²) < 4.78 is 16.6. The van der Waals surface area contributed by atoms with E-state index in [-0.39, 0.29) is 31.6 Å². The highest BCUT2D eigenvalue weighted by Crippen LogP contribution is 2.13. The van der Waals surface area contributed by atoms with Crippen molar-refractivity contribution in [3.05, 3.63) is 85.1 Å². The van der Waals surface area contributed by atoms with E-state index in [2.05, 4.69) is 93.7 Å². The van der Waals surface area contributed by atoms with Crippen LogP contribution in [0.3, 0.4) is 0 Å². The topological polar surface area (TPSA) is 78.9 Å². The lowest BCUT2D eigenvalue weighted by molar-refractivity contribution is -0.166. The fraction of sp³-hybridized carbons (Fsp3) is 0.685. The summed E-state index contributed by atoms with van der Waals surface area (Å²) in [5.74, 6) is -1.07. The van der Waals surface area contributed by atoms with E-state index < -0.39 is 12.1 Å². The Bertz CT molecular complexity index is 1190. The Hall–Kier alpha value is -3.41. The molecule has 0 aromatic rings. The van der Waals surface area contributed by atoms with Gasteiger partial charge in [-0.05, 0) is 89.9 Å². The van der Waals surface area contributed by atoms with Crippen molar-refractivity contribution in [2.45, 2.75) is 226 Å². The molecule has 0 aromatic carbocycles. The highest BCUT2D eigenvalue weighted by molar-refractivity contribution is 5.72. The van der Waals surface area contributed by atoms with E-state index >= 15 is 0 Å². The Morgan fingerprint density at radius 1 is 0.367 bits per heavy atom. The molecule has 0 aliphatic heterocycles. The first-order valence-electron chi connectivity index (χ1n) is 24.6. The van der Waals surface area contributed by atoms with Crippen LogP contribution in [0.25, 0.3) is 0 Å². The van der Waals surface area contributed by atoms with Crippen LogP contribution in [0.1, 0.15) is 220 Å². The molecule has 0 aliphatic carbocycles. The monoisotopic (exact) mass is 835 g/mol. The van der Waals surface area contributed by atoms with Gasteiger partial charge in [0.1, 0.15) is 13.2 Å². The molecule has 0 radical (unpaired) electrons. The Labute approximate surface area is 369 Å². The van der Waals surface area contributed by atoms with Gasteiger partial charge in [-0.15, -0.1) is 0 Å². The lowest BCUT2D eigenvalue weighted by Gasteiger charge is -2.18. The molecule has 1 atom stereocenters. The number of carbonyl (C=O) groups is 3. The maximum Gasteiger partial charge on any atom is 0.310 e. The summed E-state index contributed by atoms with van der Waals surface area (Å²) >= 11 is 0. The smallest absolute Gasteiger partial charge is 0.310 e. The van der Waals surface area contributed by atoms with Gasteiger partial charge in [0, 0.05) is 12.8 Å². The second kappa shape index (κ2) is 48.3. The quantitative estimate of drug-likeness (QED) is 0.0263. The number of unbranched alkanes of at least 4 members (excludes halogenated alkanes) is 19. The van der Waals surface area contributed by atoms with E-state index in [9.17, 15) is 14.4 Å². The van der Waals surface area contributed by atoms with Crippen molar-refractivity contribution in [3.8, 4) is 0 Å². The number of ether oxygens (including phenoxy) is 3. The van der Waals surface area contributed by atoms with Gasteiger partial charge in [0.05, 0.1) is 6.42 Å². The van der Waals surface area contributed by atoms with Crippen LogP contribution in [0.4, 0.5) is 0 Å². The molecule has 0 spiro atoms. The van der Waals surface area contributed by atoms with Crippen LogP contribution in [0, 0.1) is 0 Å². The van der Waals surface area contributed by atoms with Gasteiger partial charge in [0.15, 0.2) is 6.10 Å². The molecule has 0 bridgehead atoms. The van der Waals surface area contributed by atoms with Gasteiger partial charge in [-0.1, -0.05) is 196 Å². The van der Waals surface area contributed by atoms with Crippen molar-refractivity contribution >= 4 is 17.9 Å². The predicted octanol–water partition coefficient (Wildman–Crippen LogP) is 16.0. The van der Waals surface area contributed by atoms with E-state index in [1.54, 1.807) is 6.08 Å². The van der Waals surface area contributed by atoms with Crippen molar-refractivity contribution in [3.63, 3.8) is 0 Å². The molecule has 6 nitrogen and oxygen atoms in total. The van der Waals surface area contributed by atoms with E-state index in [1.165, 1.54) is 89.9 Å². The van der Waals surface area contributed by atoms with Gasteiger partial charge in [-0.2, -0.15) is 0 Å². The summed E-state index contributed by atoms with van der Waals surface area (Å²) in [6, 6.07) is 0. The number of esters is 3. The van der Waals surface area contributed by atoms with Gasteiger partial charge in [0.25, 0.3) is 0 Å². The molecule has 0 rings (SSSR count). The number of carbonyl (C=O) groups excluding carboxylic acids is 3. The zero-order valence-corrected chi connectivity index (χ0v) is 38.9. The average molecular weight is 835 g/mol. The van der Waals surface area contributed by atoms with Crippen molar-refractivity contribution in [1.29, 1.82) is 0 Å². The largest absolute Gasteiger partial charge is 0.462 e. The fourth-order valence-corrected chi connectivity index (χ4v) is 6.45. The molecule has 0 heterocycles. The lowest BCUT2D eigenvalue weighted by atomic mass is 10.1. The Kier molecular flexibility index (Phi) is 45.5. The first-order chi connectivity index (χ1) is 29.5. The Morgan fingerprint density at radius 3 is 1.15 bits per heavy atom. The van der Waals surface area contributed by atoms with Gasteiger partial charge >= 0.3 is 17.9 Å². The van der Waals surface area contributed by atoms with Crippen LogP contribution in [-0.4, -0.2) is 37.2 Å². The minimum absolute atomic E-state index is 0.0935. The average Bonchev–Trinajstić information content (AvgIpc) is 3.24. The standard InChI is InChI=1S/C54H90O6/c1-4-7-10-13-16-19-22-24-26-27-29-30-32-35-38-41-44-47-53(56)59-50-51(49-58-52(55)46-43-40-37-34-21-18-15-12-9-6-3)60-54(57)48-45-42-39-36-33-31-28-25-23-20-17-14-11-8-5-2/h8,11-12,15,17,20,24-26,28,33,36,42,45,51H,4-7,9-10,13-14,16,18-19,21-23,27,29-32,34-35,37-41,43-44,46-50H2,1-3H3/b11-8-,15-12-,20-17-,26-24-,28-25-,36-33-,45-42-. The lowest BCUT2D eigenvalue weighted by Crippen LogP contribution is -2.30. The number of hydrogen-bond acceptors (Lipinski definition) is 6. The highest BCUT2D eigenvalue weighted by atomic mass is 16.6. The molecule has 1 unspecified atom stereocenters. The van der Waals surface area contributed by atoms with E-state index in [4.69, 9.17) is 14.2 Å². The first-order valence-corrected chi connectivity index (χ1v) is 24.6. The van der Waals surface area contributed by atoms with Crippen LogP contribution < -0.4 is 0 Å². The van der Waals surface area contributed by atoms with E-state index in [1.807, 2.05) is 6.08 Å². The minimum Gasteiger partial charge on any atom is -0.462 e. The van der Waals surface area contributed by atoms with Crippen LogP contribution in [-0.2, 0) is 28.6 Å². The molecule has 0 N–H and O–H groups in total. The van der Waals surface area contributed by atoms with Gasteiger partial charge in [-0.3, -0.25) is 14.4 Å². The number of rotatable bonds is 43. The van der Waals surface area contributed by atoms with Crippen molar-refractivity contribution in [1.82, 2.24) is 0 Å². The summed E-state index contributed by atoms with van der Waals surface area (Å²) in [4.78, 5) is 37.8. The molecule has 0 saturated heterocycles. The zero-order chi connectivity index (χ0) is 43.7. The molecule has 0 amide bonds. The predicted molar refractivity (Wildman–Crippen MR) is 256 cm³/mol. The normalized spacial score (nSPS) is 12.8. The van der Waals surface area contributed by atoms with Crippen LogP contribution in [0.2, 0.25) is 0 Å². The molecular weight excluding hydrogens is 745 g/mol. The van der Waals surface area contributed by atoms with Crippen molar-refractivity contribution in [2.24, 2.45) is 0 Å². The Balaban J connectivity index is 4.48.